The van der Waals surface area contributed by atoms with Gasteiger partial charge in [-0.1, -0.05) is 6.07 Å². The standard InChI is InChI=1S/C15H19F2NO2/c1-15(2,3)20-14(19)11-8-18-7-10(11)9-4-5-12(16)13(17)6-9/h4-6,10-11,18H,7-8H2,1-3H3. The van der Waals surface area contributed by atoms with Gasteiger partial charge in [0.2, 0.25) is 0 Å². The van der Waals surface area contributed by atoms with E-state index >= 15 is 0 Å². The van der Waals surface area contributed by atoms with Crippen LogP contribution in [0.25, 0.3) is 0 Å². The molecule has 1 fully saturated rings. The fraction of sp³-hybridized carbons (Fsp3) is 0.533. The van der Waals surface area contributed by atoms with Gasteiger partial charge in [0.05, 0.1) is 5.92 Å². The minimum atomic E-state index is -0.891. The number of halogens is 2. The topological polar surface area (TPSA) is 38.3 Å². The van der Waals surface area contributed by atoms with Gasteiger partial charge in [0.15, 0.2) is 11.6 Å². The van der Waals surface area contributed by atoms with Crippen molar-refractivity contribution in [3.8, 4) is 0 Å². The van der Waals surface area contributed by atoms with Gasteiger partial charge in [-0.3, -0.25) is 4.79 Å². The smallest absolute Gasteiger partial charge is 0.311 e. The summed E-state index contributed by atoms with van der Waals surface area (Å²) in [6.45, 7) is 6.45. The van der Waals surface area contributed by atoms with Crippen LogP contribution in [0.5, 0.6) is 0 Å². The Morgan fingerprint density at radius 1 is 1.25 bits per heavy atom. The normalized spacial score (nSPS) is 22.9. The average molecular weight is 283 g/mol. The van der Waals surface area contributed by atoms with Crippen molar-refractivity contribution in [2.75, 3.05) is 13.1 Å². The van der Waals surface area contributed by atoms with Crippen LogP contribution < -0.4 is 5.32 Å². The minimum Gasteiger partial charge on any atom is -0.460 e. The molecule has 1 aromatic carbocycles. The number of benzene rings is 1. The van der Waals surface area contributed by atoms with Gasteiger partial charge >= 0.3 is 5.97 Å². The summed E-state index contributed by atoms with van der Waals surface area (Å²) in [5, 5.41) is 3.10. The van der Waals surface area contributed by atoms with Crippen molar-refractivity contribution >= 4 is 5.97 Å². The van der Waals surface area contributed by atoms with E-state index in [9.17, 15) is 13.6 Å². The molecule has 2 rings (SSSR count). The van der Waals surface area contributed by atoms with Crippen LogP contribution in [-0.2, 0) is 9.53 Å². The van der Waals surface area contributed by atoms with Crippen molar-refractivity contribution in [3.05, 3.63) is 35.4 Å². The molecule has 0 aliphatic carbocycles. The van der Waals surface area contributed by atoms with E-state index < -0.39 is 17.2 Å². The number of esters is 1. The van der Waals surface area contributed by atoms with Crippen LogP contribution in [0.2, 0.25) is 0 Å². The highest BCUT2D eigenvalue weighted by Crippen LogP contribution is 2.31. The van der Waals surface area contributed by atoms with Crippen molar-refractivity contribution in [2.45, 2.75) is 32.3 Å². The van der Waals surface area contributed by atoms with Crippen LogP contribution in [0.1, 0.15) is 32.3 Å². The van der Waals surface area contributed by atoms with Gasteiger partial charge in [0.1, 0.15) is 5.60 Å². The van der Waals surface area contributed by atoms with Gasteiger partial charge in [-0.2, -0.15) is 0 Å². The zero-order valence-corrected chi connectivity index (χ0v) is 11.9. The number of nitrogens with one attached hydrogen (secondary N) is 1. The lowest BCUT2D eigenvalue weighted by Crippen LogP contribution is -2.31. The largest absolute Gasteiger partial charge is 0.460 e. The van der Waals surface area contributed by atoms with Crippen molar-refractivity contribution in [1.82, 2.24) is 5.32 Å². The Labute approximate surface area is 117 Å². The number of ether oxygens (including phenoxy) is 1. The van der Waals surface area contributed by atoms with E-state index in [2.05, 4.69) is 5.32 Å². The molecule has 1 aliphatic rings. The molecular formula is C15H19F2NO2. The molecule has 0 amide bonds. The van der Waals surface area contributed by atoms with Gasteiger partial charge in [-0.25, -0.2) is 8.78 Å². The molecule has 1 saturated heterocycles. The first kappa shape index (κ1) is 14.9. The Kier molecular flexibility index (Phi) is 4.09. The number of carbonyl (C=O) groups excluding carboxylic acids is 1. The molecule has 2 unspecified atom stereocenters. The number of rotatable bonds is 2. The fourth-order valence-electron chi connectivity index (χ4n) is 2.40. The summed E-state index contributed by atoms with van der Waals surface area (Å²) >= 11 is 0. The second-order valence-electron chi connectivity index (χ2n) is 6.08. The third kappa shape index (κ3) is 3.33. The highest BCUT2D eigenvalue weighted by atomic mass is 19.2. The van der Waals surface area contributed by atoms with Gasteiger partial charge < -0.3 is 10.1 Å². The van der Waals surface area contributed by atoms with Crippen molar-refractivity contribution in [2.24, 2.45) is 5.92 Å². The van der Waals surface area contributed by atoms with Crippen molar-refractivity contribution < 1.29 is 18.3 Å². The predicted octanol–water partition coefficient (Wildman–Crippen LogP) is 2.61. The Bertz CT molecular complexity index is 511. The summed E-state index contributed by atoms with van der Waals surface area (Å²) in [6.07, 6.45) is 0. The molecule has 2 atom stereocenters. The summed E-state index contributed by atoms with van der Waals surface area (Å²) in [5.74, 6) is -2.65. The van der Waals surface area contributed by atoms with Gasteiger partial charge in [0, 0.05) is 19.0 Å². The van der Waals surface area contributed by atoms with Gasteiger partial charge in [-0.05, 0) is 38.5 Å². The van der Waals surface area contributed by atoms with Crippen LogP contribution in [-0.4, -0.2) is 24.7 Å². The van der Waals surface area contributed by atoms with Gasteiger partial charge in [0.25, 0.3) is 0 Å². The maximum absolute atomic E-state index is 13.3. The first-order chi connectivity index (χ1) is 9.28. The zero-order valence-electron chi connectivity index (χ0n) is 11.9. The Balaban J connectivity index is 2.18. The third-order valence-electron chi connectivity index (χ3n) is 3.30. The van der Waals surface area contributed by atoms with E-state index in [4.69, 9.17) is 4.74 Å². The summed E-state index contributed by atoms with van der Waals surface area (Å²) in [7, 11) is 0. The fourth-order valence-corrected chi connectivity index (χ4v) is 2.40. The number of carbonyl (C=O) groups is 1. The Hall–Kier alpha value is -1.49. The number of hydrogen-bond donors (Lipinski definition) is 1. The molecule has 0 saturated carbocycles. The second kappa shape index (κ2) is 5.48. The lowest BCUT2D eigenvalue weighted by atomic mass is 9.89. The SMILES string of the molecule is CC(C)(C)OC(=O)C1CNCC1c1ccc(F)c(F)c1. The summed E-state index contributed by atoms with van der Waals surface area (Å²) in [6, 6.07) is 3.77. The van der Waals surface area contributed by atoms with E-state index in [1.807, 2.05) is 0 Å². The number of hydrogen-bond acceptors (Lipinski definition) is 3. The molecule has 20 heavy (non-hydrogen) atoms. The molecule has 3 nitrogen and oxygen atoms in total. The quantitative estimate of drug-likeness (QED) is 0.848. The van der Waals surface area contributed by atoms with Crippen LogP contribution in [0, 0.1) is 17.6 Å². The molecule has 5 heteroatoms. The van der Waals surface area contributed by atoms with Crippen molar-refractivity contribution in [1.29, 1.82) is 0 Å². The summed E-state index contributed by atoms with van der Waals surface area (Å²) < 4.78 is 31.7. The maximum atomic E-state index is 13.3. The molecular weight excluding hydrogens is 264 g/mol. The molecule has 1 aliphatic heterocycles. The molecule has 110 valence electrons. The van der Waals surface area contributed by atoms with Crippen LogP contribution in [0.15, 0.2) is 18.2 Å². The van der Waals surface area contributed by atoms with E-state index in [1.54, 1.807) is 20.8 Å². The molecule has 0 aromatic heterocycles. The van der Waals surface area contributed by atoms with Crippen LogP contribution in [0.3, 0.4) is 0 Å². The highest BCUT2D eigenvalue weighted by molar-refractivity contribution is 5.75. The van der Waals surface area contributed by atoms with Crippen molar-refractivity contribution in [3.63, 3.8) is 0 Å². The Morgan fingerprint density at radius 3 is 2.55 bits per heavy atom. The summed E-state index contributed by atoms with van der Waals surface area (Å²) in [4.78, 5) is 12.2. The molecule has 1 heterocycles. The highest BCUT2D eigenvalue weighted by Gasteiger charge is 2.37. The van der Waals surface area contributed by atoms with E-state index in [-0.39, 0.29) is 17.8 Å². The first-order valence-corrected chi connectivity index (χ1v) is 6.66. The molecule has 1 aromatic rings. The zero-order chi connectivity index (χ0) is 14.9. The predicted molar refractivity (Wildman–Crippen MR) is 71.3 cm³/mol. The van der Waals surface area contributed by atoms with E-state index in [1.165, 1.54) is 6.07 Å². The second-order valence-corrected chi connectivity index (χ2v) is 6.08. The van der Waals surface area contributed by atoms with E-state index in [0.29, 0.717) is 18.7 Å². The minimum absolute atomic E-state index is 0.194. The molecule has 0 bridgehead atoms. The average Bonchev–Trinajstić information content (AvgIpc) is 2.79. The maximum Gasteiger partial charge on any atom is 0.311 e. The van der Waals surface area contributed by atoms with Crippen LogP contribution in [0.4, 0.5) is 8.78 Å². The molecule has 0 spiro atoms. The van der Waals surface area contributed by atoms with Crippen LogP contribution >= 0.6 is 0 Å². The summed E-state index contributed by atoms with van der Waals surface area (Å²) in [5.41, 5.74) is 0.0582. The third-order valence-corrected chi connectivity index (χ3v) is 3.30. The monoisotopic (exact) mass is 283 g/mol. The first-order valence-electron chi connectivity index (χ1n) is 6.66. The lowest BCUT2D eigenvalue weighted by molar-refractivity contribution is -0.159. The Morgan fingerprint density at radius 2 is 1.95 bits per heavy atom. The van der Waals surface area contributed by atoms with Gasteiger partial charge in [-0.15, -0.1) is 0 Å². The lowest BCUT2D eigenvalue weighted by Gasteiger charge is -2.24. The van der Waals surface area contributed by atoms with E-state index in [0.717, 1.165) is 12.1 Å². The molecule has 1 N–H and O–H groups in total. The molecule has 0 radical (unpaired) electrons.